The third-order valence-electron chi connectivity index (χ3n) is 3.03. The first-order valence-corrected chi connectivity index (χ1v) is 7.28. The molecule has 0 saturated heterocycles. The zero-order chi connectivity index (χ0) is 16.7. The fourth-order valence-corrected chi connectivity index (χ4v) is 1.86. The molecule has 0 spiro atoms. The zero-order valence-electron chi connectivity index (χ0n) is 12.5. The number of benzene rings is 1. The first-order chi connectivity index (χ1) is 11.1. The Hall–Kier alpha value is -2.84. The lowest BCUT2D eigenvalue weighted by atomic mass is 10.2. The van der Waals surface area contributed by atoms with Gasteiger partial charge in [-0.2, -0.15) is 5.26 Å². The molecule has 0 bridgehead atoms. The summed E-state index contributed by atoms with van der Waals surface area (Å²) in [6.07, 6.45) is 3.00. The summed E-state index contributed by atoms with van der Waals surface area (Å²) in [5.41, 5.74) is 2.48. The Balaban J connectivity index is 1.95. The molecule has 2 aromatic rings. The highest BCUT2D eigenvalue weighted by Gasteiger charge is 2.08. The number of rotatable bonds is 5. The van der Waals surface area contributed by atoms with Crippen LogP contribution in [0.5, 0.6) is 0 Å². The van der Waals surface area contributed by atoms with E-state index in [4.69, 9.17) is 16.9 Å². The van der Waals surface area contributed by atoms with Gasteiger partial charge in [0, 0.05) is 23.5 Å². The molecule has 1 aromatic heterocycles. The second-order valence-corrected chi connectivity index (χ2v) is 5.25. The number of aromatic nitrogens is 1. The highest BCUT2D eigenvalue weighted by Crippen LogP contribution is 2.10. The third-order valence-corrected chi connectivity index (χ3v) is 3.28. The van der Waals surface area contributed by atoms with Crippen molar-refractivity contribution in [2.45, 2.75) is 13.5 Å². The van der Waals surface area contributed by atoms with Crippen molar-refractivity contribution in [1.29, 1.82) is 5.26 Å². The molecule has 1 amide bonds. The Morgan fingerprint density at radius 3 is 2.65 bits per heavy atom. The van der Waals surface area contributed by atoms with Gasteiger partial charge in [-0.15, -0.1) is 0 Å². The van der Waals surface area contributed by atoms with Crippen LogP contribution in [0.4, 0.5) is 5.69 Å². The lowest BCUT2D eigenvalue weighted by Gasteiger charge is -2.05. The highest BCUT2D eigenvalue weighted by atomic mass is 35.5. The Morgan fingerprint density at radius 2 is 2.04 bits per heavy atom. The van der Waals surface area contributed by atoms with Gasteiger partial charge in [0.2, 0.25) is 0 Å². The van der Waals surface area contributed by atoms with E-state index >= 15 is 0 Å². The fraction of sp³-hybridized carbons (Fsp3) is 0.118. The van der Waals surface area contributed by atoms with Crippen molar-refractivity contribution in [2.75, 3.05) is 5.32 Å². The molecule has 0 aliphatic heterocycles. The number of aryl methyl sites for hydroxylation is 1. The summed E-state index contributed by atoms with van der Waals surface area (Å²) in [5, 5.41) is 15.3. The van der Waals surface area contributed by atoms with E-state index in [0.717, 1.165) is 11.3 Å². The number of hydrogen-bond acceptors (Lipinski definition) is 4. The zero-order valence-corrected chi connectivity index (χ0v) is 13.3. The van der Waals surface area contributed by atoms with Crippen molar-refractivity contribution < 1.29 is 4.79 Å². The number of pyridine rings is 1. The molecule has 0 radical (unpaired) electrons. The largest absolute Gasteiger partial charge is 0.359 e. The van der Waals surface area contributed by atoms with Crippen molar-refractivity contribution in [3.05, 3.63) is 70.6 Å². The van der Waals surface area contributed by atoms with Gasteiger partial charge in [-0.1, -0.05) is 23.7 Å². The van der Waals surface area contributed by atoms with Gasteiger partial charge in [0.05, 0.1) is 11.9 Å². The molecule has 2 N–H and O–H groups in total. The molecule has 1 heterocycles. The molecule has 0 atom stereocenters. The number of nitriles is 1. The minimum absolute atomic E-state index is 0.0143. The first-order valence-electron chi connectivity index (χ1n) is 6.90. The second kappa shape index (κ2) is 7.97. The van der Waals surface area contributed by atoms with E-state index in [1.54, 1.807) is 18.3 Å². The van der Waals surface area contributed by atoms with Crippen molar-refractivity contribution >= 4 is 23.2 Å². The molecular formula is C17H15ClN4O. The molecule has 23 heavy (non-hydrogen) atoms. The summed E-state index contributed by atoms with van der Waals surface area (Å²) in [4.78, 5) is 16.1. The Bertz CT molecular complexity index is 746. The molecule has 2 rings (SSSR count). The summed E-state index contributed by atoms with van der Waals surface area (Å²) in [5.74, 6) is -0.449. The van der Waals surface area contributed by atoms with Crippen molar-refractivity contribution in [1.82, 2.24) is 10.3 Å². The molecule has 5 nitrogen and oxygen atoms in total. The number of amides is 1. The van der Waals surface area contributed by atoms with Gasteiger partial charge >= 0.3 is 0 Å². The summed E-state index contributed by atoms with van der Waals surface area (Å²) in [7, 11) is 0. The topological polar surface area (TPSA) is 77.8 Å². The van der Waals surface area contributed by atoms with Gasteiger partial charge in [-0.25, -0.2) is 0 Å². The molecule has 0 saturated carbocycles. The van der Waals surface area contributed by atoms with Crippen LogP contribution in [0.25, 0.3) is 0 Å². The van der Waals surface area contributed by atoms with E-state index in [2.05, 4.69) is 15.6 Å². The maximum Gasteiger partial charge on any atom is 0.263 e. The Morgan fingerprint density at radius 1 is 1.30 bits per heavy atom. The number of halogens is 1. The fourth-order valence-electron chi connectivity index (χ4n) is 1.74. The van der Waals surface area contributed by atoms with Gasteiger partial charge in [-0.3, -0.25) is 9.78 Å². The number of nitrogens with zero attached hydrogens (tertiary/aromatic N) is 2. The van der Waals surface area contributed by atoms with Crippen molar-refractivity contribution in [2.24, 2.45) is 0 Å². The van der Waals surface area contributed by atoms with Gasteiger partial charge < -0.3 is 10.6 Å². The highest BCUT2D eigenvalue weighted by molar-refractivity contribution is 6.30. The summed E-state index contributed by atoms with van der Waals surface area (Å²) in [6.45, 7) is 2.20. The van der Waals surface area contributed by atoms with Crippen LogP contribution in [-0.2, 0) is 11.3 Å². The van der Waals surface area contributed by atoms with E-state index in [1.165, 1.54) is 6.20 Å². The Labute approximate surface area is 139 Å². The van der Waals surface area contributed by atoms with Crippen LogP contribution in [0.15, 0.2) is 54.4 Å². The van der Waals surface area contributed by atoms with Crippen LogP contribution in [0.1, 0.15) is 11.3 Å². The maximum absolute atomic E-state index is 12.0. The van der Waals surface area contributed by atoms with Crippen LogP contribution in [-0.4, -0.2) is 10.9 Å². The van der Waals surface area contributed by atoms with Crippen LogP contribution in [0, 0.1) is 18.3 Å². The van der Waals surface area contributed by atoms with Crippen LogP contribution < -0.4 is 10.6 Å². The van der Waals surface area contributed by atoms with E-state index in [1.807, 2.05) is 37.3 Å². The molecule has 0 unspecified atom stereocenters. The van der Waals surface area contributed by atoms with Gasteiger partial charge in [0.1, 0.15) is 11.6 Å². The average Bonchev–Trinajstić information content (AvgIpc) is 2.56. The van der Waals surface area contributed by atoms with Crippen LogP contribution in [0.3, 0.4) is 0 Å². The number of hydrogen-bond donors (Lipinski definition) is 2. The predicted octanol–water partition coefficient (Wildman–Crippen LogP) is 3.18. The molecule has 0 aliphatic carbocycles. The number of anilines is 1. The van der Waals surface area contributed by atoms with Crippen LogP contribution >= 0.6 is 11.6 Å². The number of carbonyl (C=O) groups excluding carboxylic acids is 1. The summed E-state index contributed by atoms with van der Waals surface area (Å²) >= 11 is 5.80. The van der Waals surface area contributed by atoms with Gasteiger partial charge in [0.15, 0.2) is 0 Å². The lowest BCUT2D eigenvalue weighted by Crippen LogP contribution is -2.24. The molecule has 0 aliphatic rings. The van der Waals surface area contributed by atoms with Gasteiger partial charge in [-0.05, 0) is 36.8 Å². The second-order valence-electron chi connectivity index (χ2n) is 4.81. The molecule has 1 aromatic carbocycles. The predicted molar refractivity (Wildman–Crippen MR) is 89.6 cm³/mol. The van der Waals surface area contributed by atoms with Gasteiger partial charge in [0.25, 0.3) is 5.91 Å². The standard InChI is InChI=1S/C17H15ClN4O/c1-12-2-7-16(11-20-12)21-10-14(8-19)17(23)22-9-13-3-5-15(18)6-4-13/h2-7,10-11,21H,9H2,1H3,(H,22,23)/b14-10-. The SMILES string of the molecule is Cc1ccc(N/C=C(/C#N)C(=O)NCc2ccc(Cl)cc2)cn1. The molecule has 6 heteroatoms. The maximum atomic E-state index is 12.0. The number of nitrogens with one attached hydrogen (secondary N) is 2. The summed E-state index contributed by atoms with van der Waals surface area (Å²) < 4.78 is 0. The molecular weight excluding hydrogens is 312 g/mol. The van der Waals surface area contributed by atoms with E-state index in [0.29, 0.717) is 17.3 Å². The van der Waals surface area contributed by atoms with E-state index in [-0.39, 0.29) is 5.57 Å². The molecule has 0 fully saturated rings. The normalized spacial score (nSPS) is 10.7. The minimum Gasteiger partial charge on any atom is -0.359 e. The first kappa shape index (κ1) is 16.5. The summed E-state index contributed by atoms with van der Waals surface area (Å²) in [6, 6.07) is 12.6. The van der Waals surface area contributed by atoms with E-state index in [9.17, 15) is 4.79 Å². The Kier molecular flexibility index (Phi) is 5.73. The van der Waals surface area contributed by atoms with Crippen molar-refractivity contribution in [3.63, 3.8) is 0 Å². The minimum atomic E-state index is -0.449. The monoisotopic (exact) mass is 326 g/mol. The third kappa shape index (κ3) is 5.13. The van der Waals surface area contributed by atoms with E-state index < -0.39 is 5.91 Å². The average molecular weight is 327 g/mol. The van der Waals surface area contributed by atoms with Crippen LogP contribution in [0.2, 0.25) is 5.02 Å². The van der Waals surface area contributed by atoms with Crippen molar-refractivity contribution in [3.8, 4) is 6.07 Å². The molecule has 116 valence electrons. The lowest BCUT2D eigenvalue weighted by molar-refractivity contribution is -0.117. The number of carbonyl (C=O) groups is 1. The quantitative estimate of drug-likeness (QED) is 0.653. The smallest absolute Gasteiger partial charge is 0.263 e.